The second-order valence-electron chi connectivity index (χ2n) is 12.9. The van der Waals surface area contributed by atoms with E-state index in [1.54, 1.807) is 5.30 Å². The van der Waals surface area contributed by atoms with Gasteiger partial charge in [-0.15, -0.1) is 0 Å². The summed E-state index contributed by atoms with van der Waals surface area (Å²) in [6.07, 6.45) is 13.9. The molecule has 0 unspecified atom stereocenters. The van der Waals surface area contributed by atoms with E-state index in [0.717, 1.165) is 28.2 Å². The molecule has 0 atom stereocenters. The van der Waals surface area contributed by atoms with Gasteiger partial charge in [-0.2, -0.15) is 0 Å². The minimum Gasteiger partial charge on any atom is -0.456 e. The van der Waals surface area contributed by atoms with Crippen molar-refractivity contribution in [2.75, 3.05) is 0 Å². The fraction of sp³-hybridized carbons (Fsp3) is 0.286. The van der Waals surface area contributed by atoms with E-state index in [1.807, 2.05) is 0 Å². The van der Waals surface area contributed by atoms with Gasteiger partial charge in [0.25, 0.3) is 0 Å². The Morgan fingerprint density at radius 1 is 0.409 bits per heavy atom. The molecule has 0 heterocycles. The smallest absolute Gasteiger partial charge is 0.135 e. The third-order valence-electron chi connectivity index (χ3n) is 10.2. The molecule has 0 spiro atoms. The first-order chi connectivity index (χ1) is 21.8. The maximum Gasteiger partial charge on any atom is 0.135 e. The van der Waals surface area contributed by atoms with Gasteiger partial charge in [0.05, 0.1) is 0 Å². The molecule has 0 aliphatic heterocycles. The van der Waals surface area contributed by atoms with Crippen LogP contribution in [0.1, 0.15) is 64.2 Å². The molecule has 0 saturated heterocycles. The number of ether oxygens (including phenoxy) is 1. The van der Waals surface area contributed by atoms with Gasteiger partial charge < -0.3 is 4.74 Å². The third kappa shape index (κ3) is 5.20. The van der Waals surface area contributed by atoms with Crippen LogP contribution >= 0.6 is 7.92 Å². The molecule has 6 aromatic rings. The van der Waals surface area contributed by atoms with Gasteiger partial charge in [-0.3, -0.25) is 0 Å². The predicted molar refractivity (Wildman–Crippen MR) is 191 cm³/mol. The highest BCUT2D eigenvalue weighted by Crippen LogP contribution is 2.58. The van der Waals surface area contributed by atoms with E-state index in [-0.39, 0.29) is 7.92 Å². The summed E-state index contributed by atoms with van der Waals surface area (Å²) >= 11 is 0. The normalized spacial score (nSPS) is 16.7. The first-order valence-corrected chi connectivity index (χ1v) is 18.3. The van der Waals surface area contributed by atoms with E-state index < -0.39 is 0 Å². The zero-order chi connectivity index (χ0) is 29.3. The molecule has 6 aromatic carbocycles. The van der Waals surface area contributed by atoms with Gasteiger partial charge in [0.2, 0.25) is 0 Å². The number of benzene rings is 6. The summed E-state index contributed by atoms with van der Waals surface area (Å²) in [5, 5.41) is 9.21. The van der Waals surface area contributed by atoms with Gasteiger partial charge in [-0.05, 0) is 81.4 Å². The Bertz CT molecular complexity index is 1910. The molecule has 0 amide bonds. The maximum absolute atomic E-state index is 7.07. The molecular formula is C42H41OP. The van der Waals surface area contributed by atoms with Crippen LogP contribution in [0.3, 0.4) is 0 Å². The van der Waals surface area contributed by atoms with Crippen LogP contribution < -0.4 is 10.0 Å². The highest BCUT2D eigenvalue weighted by atomic mass is 31.1. The Balaban J connectivity index is 1.40. The topological polar surface area (TPSA) is 9.23 Å². The fourth-order valence-electron chi connectivity index (χ4n) is 8.15. The van der Waals surface area contributed by atoms with Crippen LogP contribution in [0.5, 0.6) is 11.5 Å². The summed E-state index contributed by atoms with van der Waals surface area (Å²) in [6, 6.07) is 42.5. The van der Waals surface area contributed by atoms with Gasteiger partial charge in [-0.25, -0.2) is 0 Å². The van der Waals surface area contributed by atoms with Crippen LogP contribution in [0.25, 0.3) is 43.4 Å². The van der Waals surface area contributed by atoms with E-state index in [9.17, 15) is 0 Å². The summed E-state index contributed by atoms with van der Waals surface area (Å²) in [5.74, 6) is 1.88. The third-order valence-corrected chi connectivity index (χ3v) is 13.8. The molecule has 8 rings (SSSR count). The van der Waals surface area contributed by atoms with Crippen molar-refractivity contribution in [3.05, 3.63) is 115 Å². The van der Waals surface area contributed by atoms with Gasteiger partial charge in [0.1, 0.15) is 11.5 Å². The maximum atomic E-state index is 7.07. The lowest BCUT2D eigenvalue weighted by Gasteiger charge is -2.40. The summed E-state index contributed by atoms with van der Waals surface area (Å²) in [6.45, 7) is 0. The van der Waals surface area contributed by atoms with E-state index in [0.29, 0.717) is 0 Å². The first-order valence-electron chi connectivity index (χ1n) is 16.8. The Morgan fingerprint density at radius 2 is 0.909 bits per heavy atom. The molecule has 220 valence electrons. The second-order valence-corrected chi connectivity index (χ2v) is 15.7. The number of fused-ring (bicyclic) bond motifs is 3. The molecule has 0 aromatic heterocycles. The zero-order valence-corrected chi connectivity index (χ0v) is 26.4. The number of rotatable bonds is 6. The molecule has 0 N–H and O–H groups in total. The van der Waals surface area contributed by atoms with Gasteiger partial charge in [-0.1, -0.05) is 150 Å². The molecule has 2 aliphatic rings. The molecule has 2 fully saturated rings. The van der Waals surface area contributed by atoms with Crippen molar-refractivity contribution in [1.29, 1.82) is 0 Å². The van der Waals surface area contributed by atoms with Crippen LogP contribution in [0.15, 0.2) is 115 Å². The van der Waals surface area contributed by atoms with E-state index >= 15 is 0 Å². The highest BCUT2D eigenvalue weighted by Gasteiger charge is 2.35. The molecule has 0 bridgehead atoms. The Kier molecular flexibility index (Phi) is 7.83. The summed E-state index contributed by atoms with van der Waals surface area (Å²) in [7, 11) is -0.321. The molecular weight excluding hydrogens is 551 g/mol. The fourth-order valence-corrected chi connectivity index (χ4v) is 12.1. The van der Waals surface area contributed by atoms with Crippen molar-refractivity contribution >= 4 is 45.5 Å². The molecule has 0 radical (unpaired) electrons. The summed E-state index contributed by atoms with van der Waals surface area (Å²) < 4.78 is 7.07. The largest absolute Gasteiger partial charge is 0.456 e. The van der Waals surface area contributed by atoms with Crippen molar-refractivity contribution < 1.29 is 4.74 Å². The lowest BCUT2D eigenvalue weighted by molar-refractivity contribution is 0.487. The molecule has 1 nitrogen and oxygen atoms in total. The lowest BCUT2D eigenvalue weighted by atomic mass is 9.93. The zero-order valence-electron chi connectivity index (χ0n) is 25.6. The monoisotopic (exact) mass is 592 g/mol. The van der Waals surface area contributed by atoms with Crippen LogP contribution in [0, 0.1) is 0 Å². The quantitative estimate of drug-likeness (QED) is 0.175. The van der Waals surface area contributed by atoms with Crippen LogP contribution in [-0.4, -0.2) is 11.3 Å². The Labute approximate surface area is 263 Å². The van der Waals surface area contributed by atoms with Gasteiger partial charge >= 0.3 is 0 Å². The highest BCUT2D eigenvalue weighted by molar-refractivity contribution is 7.67. The summed E-state index contributed by atoms with van der Waals surface area (Å²) in [5.41, 5.74) is 4.33. The number of hydrogen-bond donors (Lipinski definition) is 0. The van der Waals surface area contributed by atoms with Crippen molar-refractivity contribution in [1.82, 2.24) is 0 Å². The molecule has 44 heavy (non-hydrogen) atoms. The lowest BCUT2D eigenvalue weighted by Crippen LogP contribution is -2.27. The van der Waals surface area contributed by atoms with Gasteiger partial charge in [0.15, 0.2) is 0 Å². The number of hydrogen-bond acceptors (Lipinski definition) is 1. The molecule has 2 aliphatic carbocycles. The van der Waals surface area contributed by atoms with Crippen molar-refractivity contribution in [3.63, 3.8) is 0 Å². The van der Waals surface area contributed by atoms with Crippen LogP contribution in [0.4, 0.5) is 0 Å². The van der Waals surface area contributed by atoms with E-state index in [2.05, 4.69) is 115 Å². The summed E-state index contributed by atoms with van der Waals surface area (Å²) in [4.78, 5) is 0. The average molecular weight is 593 g/mol. The van der Waals surface area contributed by atoms with E-state index in [4.69, 9.17) is 4.74 Å². The van der Waals surface area contributed by atoms with Crippen LogP contribution in [-0.2, 0) is 0 Å². The molecule has 2 heteroatoms. The van der Waals surface area contributed by atoms with Gasteiger partial charge in [0, 0.05) is 16.5 Å². The predicted octanol–water partition coefficient (Wildman–Crippen LogP) is 12.4. The van der Waals surface area contributed by atoms with Crippen LogP contribution in [0.2, 0.25) is 0 Å². The minimum atomic E-state index is -0.321. The Hall–Kier alpha value is -3.67. The SMILES string of the molecule is c1ccc2c(Oc3ccc4ccccc4c3-c3c(P(C4CCCCC4)C4CCCCC4)ccc4ccccc34)cccc2c1. The second kappa shape index (κ2) is 12.4. The standard InChI is InChI=1S/C42H41OP/c1-3-18-33(19-4-1)44(34-20-5-2-6-21-34)40-29-27-32-16-9-12-24-37(32)42(40)41-36-23-11-8-15-31(36)26-28-39(41)43-38-25-13-17-30-14-7-10-22-35(30)38/h7-17,22-29,33-34H,1-6,18-21H2. The van der Waals surface area contributed by atoms with Crippen molar-refractivity contribution in [2.45, 2.75) is 75.5 Å². The first kappa shape index (κ1) is 27.8. The van der Waals surface area contributed by atoms with Crippen molar-refractivity contribution in [2.24, 2.45) is 0 Å². The minimum absolute atomic E-state index is 0.321. The Morgan fingerprint density at radius 3 is 1.55 bits per heavy atom. The average Bonchev–Trinajstić information content (AvgIpc) is 3.09. The van der Waals surface area contributed by atoms with Crippen molar-refractivity contribution in [3.8, 4) is 22.6 Å². The van der Waals surface area contributed by atoms with E-state index in [1.165, 1.54) is 102 Å². The molecule has 2 saturated carbocycles.